The average Bonchev–Trinajstić information content (AvgIpc) is 3.16. The van der Waals surface area contributed by atoms with Crippen LogP contribution >= 0.6 is 0 Å². The number of nitrogens with zero attached hydrogens (tertiary/aromatic N) is 6. The molecule has 0 amide bonds. The summed E-state index contributed by atoms with van der Waals surface area (Å²) < 4.78 is 7.16. The lowest BCUT2D eigenvalue weighted by atomic mass is 9.90. The zero-order chi connectivity index (χ0) is 18.2. The molecule has 0 aromatic carbocycles. The van der Waals surface area contributed by atoms with Crippen LogP contribution in [-0.2, 0) is 17.6 Å². The standard InChI is InChI=1S/C17H28N6O2/c1-12(2)23-9-13(19-21-23)17(24)7-6-8-22(11-17)10-14-18-15(20-25-14)16(3,4)5/h9,12,24H,6-8,10-11H2,1-5H3. The van der Waals surface area contributed by atoms with E-state index in [0.717, 1.165) is 13.0 Å². The molecule has 0 bridgehead atoms. The van der Waals surface area contributed by atoms with Gasteiger partial charge in [0.15, 0.2) is 5.82 Å². The molecule has 0 saturated carbocycles. The van der Waals surface area contributed by atoms with Crippen molar-refractivity contribution in [2.45, 2.75) is 71.1 Å². The van der Waals surface area contributed by atoms with Gasteiger partial charge in [0.25, 0.3) is 0 Å². The molecule has 1 unspecified atom stereocenters. The number of piperidine rings is 1. The minimum atomic E-state index is -0.988. The van der Waals surface area contributed by atoms with E-state index in [1.807, 2.05) is 20.0 Å². The van der Waals surface area contributed by atoms with Crippen LogP contribution in [0.1, 0.15) is 70.9 Å². The van der Waals surface area contributed by atoms with Crippen molar-refractivity contribution in [3.05, 3.63) is 23.6 Å². The summed E-state index contributed by atoms with van der Waals surface area (Å²) >= 11 is 0. The Kier molecular flexibility index (Phi) is 4.68. The molecule has 0 aliphatic carbocycles. The number of aliphatic hydroxyl groups is 1. The molecular formula is C17H28N6O2. The predicted molar refractivity (Wildman–Crippen MR) is 91.8 cm³/mol. The molecule has 25 heavy (non-hydrogen) atoms. The monoisotopic (exact) mass is 348 g/mol. The van der Waals surface area contributed by atoms with Crippen LogP contribution in [0.3, 0.4) is 0 Å². The summed E-state index contributed by atoms with van der Waals surface area (Å²) in [5.41, 5.74) is -0.496. The normalized spacial score (nSPS) is 22.7. The number of likely N-dealkylation sites (tertiary alicyclic amines) is 1. The quantitative estimate of drug-likeness (QED) is 0.903. The molecule has 8 nitrogen and oxygen atoms in total. The van der Waals surface area contributed by atoms with Crippen LogP contribution in [0.5, 0.6) is 0 Å². The molecule has 1 aliphatic heterocycles. The molecule has 0 spiro atoms. The van der Waals surface area contributed by atoms with Crippen LogP contribution in [0, 0.1) is 0 Å². The molecule has 2 aromatic rings. The van der Waals surface area contributed by atoms with Crippen molar-refractivity contribution >= 4 is 0 Å². The highest BCUT2D eigenvalue weighted by Gasteiger charge is 2.38. The SMILES string of the molecule is CC(C)n1cc(C2(O)CCCN(Cc3nc(C(C)(C)C)no3)C2)nn1. The summed E-state index contributed by atoms with van der Waals surface area (Å²) in [4.78, 5) is 6.63. The van der Waals surface area contributed by atoms with Crippen molar-refractivity contribution in [1.82, 2.24) is 30.0 Å². The fraction of sp³-hybridized carbons (Fsp3) is 0.765. The van der Waals surface area contributed by atoms with Crippen molar-refractivity contribution in [3.63, 3.8) is 0 Å². The number of β-amino-alcohol motifs (C(OH)–C–C–N with tert-alkyl or cyclic N) is 1. The van der Waals surface area contributed by atoms with Crippen LogP contribution in [0.25, 0.3) is 0 Å². The Balaban J connectivity index is 1.71. The lowest BCUT2D eigenvalue weighted by Gasteiger charge is -2.37. The first kappa shape index (κ1) is 18.0. The summed E-state index contributed by atoms with van der Waals surface area (Å²) in [6, 6.07) is 0.221. The van der Waals surface area contributed by atoms with Gasteiger partial charge in [0.05, 0.1) is 12.7 Å². The summed E-state index contributed by atoms with van der Waals surface area (Å²) in [6.45, 7) is 12.1. The highest BCUT2D eigenvalue weighted by molar-refractivity contribution is 5.10. The van der Waals surface area contributed by atoms with E-state index in [-0.39, 0.29) is 11.5 Å². The maximum absolute atomic E-state index is 11.1. The van der Waals surface area contributed by atoms with E-state index >= 15 is 0 Å². The van der Waals surface area contributed by atoms with E-state index in [1.54, 1.807) is 4.68 Å². The average molecular weight is 348 g/mol. The van der Waals surface area contributed by atoms with E-state index in [4.69, 9.17) is 4.52 Å². The van der Waals surface area contributed by atoms with Crippen LogP contribution < -0.4 is 0 Å². The molecule has 2 aromatic heterocycles. The largest absolute Gasteiger partial charge is 0.382 e. The minimum absolute atomic E-state index is 0.139. The minimum Gasteiger partial charge on any atom is -0.382 e. The van der Waals surface area contributed by atoms with Crippen molar-refractivity contribution in [3.8, 4) is 0 Å². The van der Waals surface area contributed by atoms with Gasteiger partial charge in [0.1, 0.15) is 11.3 Å². The van der Waals surface area contributed by atoms with E-state index in [0.29, 0.717) is 36.9 Å². The molecular weight excluding hydrogens is 320 g/mol. The van der Waals surface area contributed by atoms with Gasteiger partial charge in [-0.15, -0.1) is 5.10 Å². The third-order valence-corrected chi connectivity index (χ3v) is 4.56. The third kappa shape index (κ3) is 3.90. The second-order valence-corrected chi connectivity index (χ2v) is 8.29. The van der Waals surface area contributed by atoms with Crippen LogP contribution in [0.4, 0.5) is 0 Å². The number of hydrogen-bond acceptors (Lipinski definition) is 7. The van der Waals surface area contributed by atoms with E-state index in [2.05, 4.69) is 46.1 Å². The zero-order valence-electron chi connectivity index (χ0n) is 15.7. The van der Waals surface area contributed by atoms with E-state index in [9.17, 15) is 5.11 Å². The molecule has 3 heterocycles. The molecule has 3 rings (SSSR count). The van der Waals surface area contributed by atoms with Gasteiger partial charge in [-0.25, -0.2) is 4.68 Å². The van der Waals surface area contributed by atoms with Crippen molar-refractivity contribution in [2.24, 2.45) is 0 Å². The van der Waals surface area contributed by atoms with Gasteiger partial charge in [-0.3, -0.25) is 4.90 Å². The summed E-state index contributed by atoms with van der Waals surface area (Å²) in [5.74, 6) is 1.29. The molecule has 1 atom stereocenters. The van der Waals surface area contributed by atoms with E-state index < -0.39 is 5.60 Å². The van der Waals surface area contributed by atoms with Crippen molar-refractivity contribution in [2.75, 3.05) is 13.1 Å². The fourth-order valence-electron chi connectivity index (χ4n) is 3.02. The molecule has 1 saturated heterocycles. The van der Waals surface area contributed by atoms with Gasteiger partial charge in [-0.05, 0) is 33.2 Å². The van der Waals surface area contributed by atoms with Gasteiger partial charge in [0, 0.05) is 18.0 Å². The van der Waals surface area contributed by atoms with Gasteiger partial charge < -0.3 is 9.63 Å². The first-order chi connectivity index (χ1) is 11.7. The first-order valence-corrected chi connectivity index (χ1v) is 8.87. The first-order valence-electron chi connectivity index (χ1n) is 8.87. The van der Waals surface area contributed by atoms with E-state index in [1.165, 1.54) is 0 Å². The molecule has 0 radical (unpaired) electrons. The Bertz CT molecular complexity index is 717. The molecule has 1 aliphatic rings. The molecule has 1 fully saturated rings. The van der Waals surface area contributed by atoms with Crippen molar-refractivity contribution < 1.29 is 9.63 Å². The summed E-state index contributed by atoms with van der Waals surface area (Å²) in [5, 5.41) is 23.5. The molecule has 1 N–H and O–H groups in total. The van der Waals surface area contributed by atoms with Gasteiger partial charge in [-0.2, -0.15) is 4.98 Å². The Hall–Kier alpha value is -1.80. The van der Waals surface area contributed by atoms with Crippen LogP contribution in [0.15, 0.2) is 10.7 Å². The smallest absolute Gasteiger partial charge is 0.240 e. The lowest BCUT2D eigenvalue weighted by Crippen LogP contribution is -2.46. The second-order valence-electron chi connectivity index (χ2n) is 8.29. The maximum atomic E-state index is 11.1. The third-order valence-electron chi connectivity index (χ3n) is 4.56. The van der Waals surface area contributed by atoms with Gasteiger partial charge >= 0.3 is 0 Å². The lowest BCUT2D eigenvalue weighted by molar-refractivity contribution is -0.0436. The highest BCUT2D eigenvalue weighted by Crippen LogP contribution is 2.31. The van der Waals surface area contributed by atoms with Crippen LogP contribution in [-0.4, -0.2) is 48.2 Å². The topological polar surface area (TPSA) is 93.1 Å². The molecule has 8 heteroatoms. The Morgan fingerprint density at radius 1 is 1.36 bits per heavy atom. The summed E-state index contributed by atoms with van der Waals surface area (Å²) in [7, 11) is 0. The number of rotatable bonds is 4. The number of aromatic nitrogens is 5. The maximum Gasteiger partial charge on any atom is 0.240 e. The van der Waals surface area contributed by atoms with Crippen molar-refractivity contribution in [1.29, 1.82) is 0 Å². The van der Waals surface area contributed by atoms with Gasteiger partial charge in [-0.1, -0.05) is 31.1 Å². The van der Waals surface area contributed by atoms with Gasteiger partial charge in [0.2, 0.25) is 5.89 Å². The second kappa shape index (κ2) is 6.49. The van der Waals surface area contributed by atoms with Crippen LogP contribution in [0.2, 0.25) is 0 Å². The Morgan fingerprint density at radius 2 is 2.12 bits per heavy atom. The molecule has 138 valence electrons. The number of hydrogen-bond donors (Lipinski definition) is 1. The highest BCUT2D eigenvalue weighted by atomic mass is 16.5. The summed E-state index contributed by atoms with van der Waals surface area (Å²) in [6.07, 6.45) is 3.40. The fourth-order valence-corrected chi connectivity index (χ4v) is 3.02. The Morgan fingerprint density at radius 3 is 2.72 bits per heavy atom. The Labute approximate surface area is 148 Å². The predicted octanol–water partition coefficient (Wildman–Crippen LogP) is 2.02. The zero-order valence-corrected chi connectivity index (χ0v) is 15.7.